The van der Waals surface area contributed by atoms with Gasteiger partial charge in [0.2, 0.25) is 11.8 Å². The fourth-order valence-corrected chi connectivity index (χ4v) is 13.8. The number of azo groups is 2. The molecule has 2 fully saturated rings. The summed E-state index contributed by atoms with van der Waals surface area (Å²) < 4.78 is 16.9. The molecule has 16 heterocycles. The molecule has 0 spiro atoms. The number of pyridine rings is 3. The van der Waals surface area contributed by atoms with Crippen LogP contribution in [0.3, 0.4) is 0 Å². The molecule has 9 aromatic rings. The quantitative estimate of drug-likeness (QED) is 0.130. The highest BCUT2D eigenvalue weighted by Gasteiger charge is 2.45. The molecule has 0 aromatic carbocycles. The van der Waals surface area contributed by atoms with Crippen molar-refractivity contribution in [2.24, 2.45) is 26.3 Å². The standard InChI is InChI=1S/C11H14N2.C10H18N4.C10H17N3.2C10H13N3.C10H17N2.C9H15N3.C9H16N3/c1-11(2,3)9-8-12-13-7-5-4-6-10(9)13;1-10(2,3)9-12-11-8-7-13(4)5-6-14(8)9;1-7-5-6-8-11-12-9(13(7)8)10(2,3)4;1-10(2,3)9-12-11-8-6-4-5-7-13(8)9;1-10(2,3)9-8-6-4-5-7-13(8)12-11-9;1-10(2,3)8-7-11-12-6-4-5-9(8)12;1-9(2,3)8-11-10-7-5-4-6-12(7)8;1-9(2,3)8-7-5-4-6-12(7)11-10-8/h4-8H,1-3H3;5-7H2,1-4H3;7H,5-6H2,1-4H3;2*4-7H,1-3H3;7,9H,4-6H2,1-3H3;4-6H2,1-3H3;7H,4-6H2,1-3H3/q;;;;;+1;;+1. The summed E-state index contributed by atoms with van der Waals surface area (Å²) >= 11 is 0. The van der Waals surface area contributed by atoms with Gasteiger partial charge in [0.1, 0.15) is 58.7 Å². The van der Waals surface area contributed by atoms with Gasteiger partial charge in [-0.3, -0.25) is 9.30 Å². The molecule has 552 valence electrons. The minimum Gasteiger partial charge on any atom is -0.315 e. The number of fused-ring (bicyclic) bond motifs is 8. The number of hydrogen-bond acceptors (Lipinski definition) is 15. The number of aromatic nitrogens is 17. The van der Waals surface area contributed by atoms with Crippen molar-refractivity contribution in [1.29, 1.82) is 0 Å². The van der Waals surface area contributed by atoms with Crippen LogP contribution in [0, 0.1) is 10.8 Å². The van der Waals surface area contributed by atoms with Gasteiger partial charge in [0.15, 0.2) is 18.2 Å². The Labute approximate surface area is 607 Å². The van der Waals surface area contributed by atoms with E-state index in [-0.39, 0.29) is 37.9 Å². The van der Waals surface area contributed by atoms with Crippen molar-refractivity contribution in [3.63, 3.8) is 0 Å². The second-order valence-corrected chi connectivity index (χ2v) is 36.6. The van der Waals surface area contributed by atoms with E-state index in [0.29, 0.717) is 23.5 Å². The van der Waals surface area contributed by atoms with E-state index in [4.69, 9.17) is 0 Å². The van der Waals surface area contributed by atoms with Crippen LogP contribution in [0.15, 0.2) is 107 Å². The normalized spacial score (nSPS) is 18.6. The Morgan fingerprint density at radius 1 is 0.451 bits per heavy atom. The maximum absolute atomic E-state index is 4.42. The Bertz CT molecular complexity index is 4140. The number of hydrogen-bond donors (Lipinski definition) is 0. The highest BCUT2D eigenvalue weighted by molar-refractivity contribution is 5.93. The molecule has 23 heteroatoms. The molecule has 7 aliphatic heterocycles. The van der Waals surface area contributed by atoms with Gasteiger partial charge in [0.05, 0.1) is 34.6 Å². The van der Waals surface area contributed by atoms with E-state index >= 15 is 0 Å². The summed E-state index contributed by atoms with van der Waals surface area (Å²) in [5.41, 5.74) is 9.44. The van der Waals surface area contributed by atoms with Crippen molar-refractivity contribution in [3.05, 3.63) is 143 Å². The van der Waals surface area contributed by atoms with Crippen LogP contribution in [0.1, 0.15) is 270 Å². The van der Waals surface area contributed by atoms with E-state index in [1.807, 2.05) is 82.2 Å². The molecule has 2 saturated heterocycles. The SMILES string of the molecule is CC(C)(C)C1=CN=[N+]2CCCC12.CC(C)(C)C1=NN=[N+]2CCCC12.CC(C)(C)c1cnn2ccccc12.CC(C)(C)c1nnc2ccccn12.CC(C)(C)c1nnc2n1CCC2.CC(C)(C)c1nnn2ccccc12.CC1CCc2nnc(C(C)(C)C)n21.CN1CCn2c(nnc2C(C)(C)C)C1. The molecule has 102 heavy (non-hydrogen) atoms. The zero-order valence-corrected chi connectivity index (χ0v) is 67.0. The predicted octanol–water partition coefficient (Wildman–Crippen LogP) is 15.9. The molecule has 0 saturated carbocycles. The van der Waals surface area contributed by atoms with Crippen LogP contribution in [-0.4, -0.2) is 142 Å². The maximum atomic E-state index is 4.42. The van der Waals surface area contributed by atoms with Crippen molar-refractivity contribution in [3.8, 4) is 0 Å². The molecular weight excluding hydrogens is 1270 g/mol. The smallest absolute Gasteiger partial charge is 0.209 e. The molecule has 0 bridgehead atoms. The number of rotatable bonds is 0. The molecule has 0 aliphatic carbocycles. The second-order valence-electron chi connectivity index (χ2n) is 36.6. The van der Waals surface area contributed by atoms with Crippen LogP contribution in [0.25, 0.3) is 16.7 Å². The van der Waals surface area contributed by atoms with Gasteiger partial charge in [-0.05, 0) is 85.6 Å². The van der Waals surface area contributed by atoms with Gasteiger partial charge in [0, 0.05) is 120 Å². The third-order valence-corrected chi connectivity index (χ3v) is 19.2. The summed E-state index contributed by atoms with van der Waals surface area (Å²) in [6, 6.07) is 19.8. The number of likely N-dealkylation sites (N-methyl/N-ethyl adjacent to an activating group) is 1. The van der Waals surface area contributed by atoms with Crippen LogP contribution >= 0.6 is 0 Å². The first-order valence-electron chi connectivity index (χ1n) is 37.3. The molecule has 23 nitrogen and oxygen atoms in total. The zero-order valence-electron chi connectivity index (χ0n) is 67.0. The van der Waals surface area contributed by atoms with Crippen molar-refractivity contribution >= 4 is 22.4 Å². The van der Waals surface area contributed by atoms with E-state index in [9.17, 15) is 0 Å². The van der Waals surface area contributed by atoms with Crippen molar-refractivity contribution < 1.29 is 9.39 Å². The Balaban J connectivity index is 0.000000136. The third kappa shape index (κ3) is 18.8. The van der Waals surface area contributed by atoms with Gasteiger partial charge in [-0.1, -0.05) is 190 Å². The summed E-state index contributed by atoms with van der Waals surface area (Å²) in [5, 5.41) is 59.1. The van der Waals surface area contributed by atoms with Gasteiger partial charge >= 0.3 is 0 Å². The fraction of sp³-hybridized carbons (Fsp3) is 0.646. The summed E-state index contributed by atoms with van der Waals surface area (Å²) in [4.78, 5) is 2.27. The van der Waals surface area contributed by atoms with Crippen molar-refractivity contribution in [1.82, 2.24) is 88.2 Å². The van der Waals surface area contributed by atoms with Gasteiger partial charge in [-0.25, -0.2) is 9.03 Å². The van der Waals surface area contributed by atoms with E-state index in [1.165, 1.54) is 66.7 Å². The highest BCUT2D eigenvalue weighted by atomic mass is 15.5. The van der Waals surface area contributed by atoms with E-state index in [1.54, 1.807) is 4.52 Å². The Morgan fingerprint density at radius 3 is 1.63 bits per heavy atom. The Hall–Kier alpha value is -8.08. The van der Waals surface area contributed by atoms with Crippen LogP contribution in [0.4, 0.5) is 0 Å². The van der Waals surface area contributed by atoms with E-state index < -0.39 is 0 Å². The molecule has 0 radical (unpaired) electrons. The number of aryl methyl sites for hydroxylation is 2. The summed E-state index contributed by atoms with van der Waals surface area (Å²) in [7, 11) is 2.12. The Kier molecular flexibility index (Phi) is 23.5. The first-order chi connectivity index (χ1) is 47.5. The molecule has 0 N–H and O–H groups in total. The summed E-state index contributed by atoms with van der Waals surface area (Å²) in [6.07, 6.45) is 19.7. The monoisotopic (exact) mass is 1390 g/mol. The van der Waals surface area contributed by atoms with Crippen LogP contribution in [-0.2, 0) is 65.0 Å². The zero-order chi connectivity index (χ0) is 74.7. The number of nitrogens with zero attached hydrogens (tertiary/aromatic N) is 23. The highest BCUT2D eigenvalue weighted by Crippen LogP contribution is 2.38. The molecule has 9 aromatic heterocycles. The van der Waals surface area contributed by atoms with Crippen molar-refractivity contribution in [2.45, 2.75) is 295 Å². The van der Waals surface area contributed by atoms with Gasteiger partial charge < -0.3 is 13.7 Å². The topological polar surface area (TPSA) is 216 Å². The second kappa shape index (κ2) is 30.7. The van der Waals surface area contributed by atoms with Gasteiger partial charge in [0.25, 0.3) is 0 Å². The lowest BCUT2D eigenvalue weighted by atomic mass is 9.82. The largest absolute Gasteiger partial charge is 0.315 e. The fourth-order valence-electron chi connectivity index (χ4n) is 13.8. The summed E-state index contributed by atoms with van der Waals surface area (Å²) in [6.45, 7) is 61.2. The average Bonchev–Trinajstić information content (AvgIpc) is 1.62. The lowest BCUT2D eigenvalue weighted by molar-refractivity contribution is -0.591. The summed E-state index contributed by atoms with van der Waals surface area (Å²) in [5.74, 6) is 7.81. The minimum atomic E-state index is 0.0424. The van der Waals surface area contributed by atoms with Crippen LogP contribution < -0.4 is 0 Å². The lowest BCUT2D eigenvalue weighted by Gasteiger charge is -2.26. The van der Waals surface area contributed by atoms with Gasteiger partial charge in [-0.15, -0.1) is 50.6 Å². The van der Waals surface area contributed by atoms with Crippen LogP contribution in [0.5, 0.6) is 0 Å². The first-order valence-corrected chi connectivity index (χ1v) is 37.3. The molecule has 3 unspecified atom stereocenters. The maximum Gasteiger partial charge on any atom is 0.209 e. The molecule has 3 atom stereocenters. The Morgan fingerprint density at radius 2 is 1.01 bits per heavy atom. The van der Waals surface area contributed by atoms with Crippen molar-refractivity contribution in [2.75, 3.05) is 26.7 Å². The average molecular weight is 1400 g/mol. The molecule has 7 aliphatic rings. The minimum absolute atomic E-state index is 0.0424. The molecule has 16 rings (SSSR count). The third-order valence-electron chi connectivity index (χ3n) is 19.2. The molecular formula is C79H123N23+2. The first kappa shape index (κ1) is 78.1. The molecule has 0 amide bonds. The van der Waals surface area contributed by atoms with E-state index in [2.05, 4.69) is 292 Å². The van der Waals surface area contributed by atoms with Gasteiger partial charge in [-0.2, -0.15) is 9.80 Å². The van der Waals surface area contributed by atoms with E-state index in [0.717, 1.165) is 104 Å². The van der Waals surface area contributed by atoms with Crippen LogP contribution in [0.2, 0.25) is 0 Å². The predicted molar refractivity (Wildman–Crippen MR) is 407 cm³/mol. The lowest BCUT2D eigenvalue weighted by Crippen LogP contribution is -2.33.